The Labute approximate surface area is 149 Å². The molecule has 0 atom stereocenters. The summed E-state index contributed by atoms with van der Waals surface area (Å²) in [6.07, 6.45) is 1.88. The van der Waals surface area contributed by atoms with E-state index in [4.69, 9.17) is 5.11 Å². The fourth-order valence-electron chi connectivity index (χ4n) is 2.45. The van der Waals surface area contributed by atoms with Gasteiger partial charge >= 0.3 is 5.97 Å². The van der Waals surface area contributed by atoms with Crippen molar-refractivity contribution < 1.29 is 14.3 Å². The molecule has 0 amide bonds. The maximum Gasteiger partial charge on any atom is 0.335 e. The lowest BCUT2D eigenvalue weighted by molar-refractivity contribution is 0.0697. The first-order chi connectivity index (χ1) is 12.1. The van der Waals surface area contributed by atoms with Gasteiger partial charge in [0.05, 0.1) is 11.3 Å². The highest BCUT2D eigenvalue weighted by Crippen LogP contribution is 2.33. The van der Waals surface area contributed by atoms with Crippen molar-refractivity contribution in [3.05, 3.63) is 64.8 Å². The highest BCUT2D eigenvalue weighted by molar-refractivity contribution is 7.16. The van der Waals surface area contributed by atoms with Crippen LogP contribution in [0, 0.1) is 5.82 Å². The zero-order valence-corrected chi connectivity index (χ0v) is 14.4. The predicted molar refractivity (Wildman–Crippen MR) is 98.2 cm³/mol. The molecule has 1 aromatic heterocycles. The normalized spacial score (nSPS) is 10.6. The van der Waals surface area contributed by atoms with Crippen LogP contribution in [-0.2, 0) is 6.42 Å². The fraction of sp³-hybridized carbons (Fsp3) is 0.158. The topological polar surface area (TPSA) is 62.2 Å². The van der Waals surface area contributed by atoms with E-state index in [2.05, 4.69) is 17.2 Å². The Bertz CT molecular complexity index is 873. The maximum atomic E-state index is 13.2. The van der Waals surface area contributed by atoms with Gasteiger partial charge in [0.15, 0.2) is 5.13 Å². The van der Waals surface area contributed by atoms with Gasteiger partial charge in [0, 0.05) is 16.1 Å². The molecule has 128 valence electrons. The first-order valence-corrected chi connectivity index (χ1v) is 8.74. The number of halogens is 1. The molecule has 3 aromatic rings. The summed E-state index contributed by atoms with van der Waals surface area (Å²) >= 11 is 1.56. The summed E-state index contributed by atoms with van der Waals surface area (Å²) in [6.45, 7) is 2.10. The summed E-state index contributed by atoms with van der Waals surface area (Å²) in [5, 5.41) is 12.9. The number of anilines is 2. The lowest BCUT2D eigenvalue weighted by atomic mass is 10.1. The first kappa shape index (κ1) is 17.1. The molecule has 0 fully saturated rings. The van der Waals surface area contributed by atoms with Gasteiger partial charge in [0.2, 0.25) is 0 Å². The number of thiazole rings is 1. The number of carboxylic acids is 1. The van der Waals surface area contributed by atoms with Gasteiger partial charge in [-0.05, 0) is 55.0 Å². The van der Waals surface area contributed by atoms with E-state index in [0.717, 1.165) is 39.8 Å². The van der Waals surface area contributed by atoms with Crippen LogP contribution in [0.3, 0.4) is 0 Å². The Morgan fingerprint density at radius 1 is 1.16 bits per heavy atom. The van der Waals surface area contributed by atoms with Gasteiger partial charge in [0.25, 0.3) is 0 Å². The van der Waals surface area contributed by atoms with Crippen molar-refractivity contribution in [2.75, 3.05) is 5.32 Å². The minimum Gasteiger partial charge on any atom is -0.478 e. The average molecular weight is 356 g/mol. The van der Waals surface area contributed by atoms with Gasteiger partial charge in [0.1, 0.15) is 5.82 Å². The van der Waals surface area contributed by atoms with Gasteiger partial charge in [-0.1, -0.05) is 13.3 Å². The number of hydrogen-bond donors (Lipinski definition) is 2. The van der Waals surface area contributed by atoms with Crippen LogP contribution in [0.2, 0.25) is 0 Å². The number of aromatic carboxylic acids is 1. The smallest absolute Gasteiger partial charge is 0.335 e. The summed E-state index contributed by atoms with van der Waals surface area (Å²) < 4.78 is 13.2. The number of aromatic nitrogens is 1. The molecule has 3 rings (SSSR count). The molecule has 25 heavy (non-hydrogen) atoms. The number of carbonyl (C=O) groups is 1. The van der Waals surface area contributed by atoms with Crippen LogP contribution in [0.25, 0.3) is 11.3 Å². The van der Waals surface area contributed by atoms with Crippen molar-refractivity contribution >= 4 is 28.1 Å². The molecule has 1 heterocycles. The van der Waals surface area contributed by atoms with Crippen molar-refractivity contribution in [2.24, 2.45) is 0 Å². The minimum atomic E-state index is -0.954. The number of nitrogens with zero attached hydrogens (tertiary/aromatic N) is 1. The molecule has 0 saturated carbocycles. The third-order valence-electron chi connectivity index (χ3n) is 3.68. The molecule has 2 N–H and O–H groups in total. The summed E-state index contributed by atoms with van der Waals surface area (Å²) in [4.78, 5) is 16.7. The van der Waals surface area contributed by atoms with Crippen LogP contribution in [0.5, 0.6) is 0 Å². The molecule has 0 unspecified atom stereocenters. The standard InChI is InChI=1S/C19H17FN2O2S/c1-2-3-16-17(12-4-8-14(20)9-5-12)22-19(25-16)21-15-10-6-13(7-11-15)18(23)24/h4-11H,2-3H2,1H3,(H,21,22)(H,23,24). The number of rotatable bonds is 6. The third-order valence-corrected chi connectivity index (χ3v) is 4.71. The Kier molecular flexibility index (Phi) is 5.09. The van der Waals surface area contributed by atoms with E-state index in [1.807, 2.05) is 0 Å². The zero-order chi connectivity index (χ0) is 17.8. The van der Waals surface area contributed by atoms with Gasteiger partial charge in [-0.3, -0.25) is 0 Å². The number of aryl methyl sites for hydroxylation is 1. The molecule has 0 aliphatic rings. The Morgan fingerprint density at radius 2 is 1.84 bits per heavy atom. The second-order valence-electron chi connectivity index (χ2n) is 5.56. The van der Waals surface area contributed by atoms with E-state index in [-0.39, 0.29) is 11.4 Å². The van der Waals surface area contributed by atoms with Crippen LogP contribution in [0.15, 0.2) is 48.5 Å². The molecule has 0 spiro atoms. The second-order valence-corrected chi connectivity index (χ2v) is 6.64. The summed E-state index contributed by atoms with van der Waals surface area (Å²) in [5.41, 5.74) is 2.75. The Balaban J connectivity index is 1.88. The molecule has 0 radical (unpaired) electrons. The molecular weight excluding hydrogens is 339 g/mol. The van der Waals surface area contributed by atoms with Crippen LogP contribution >= 0.6 is 11.3 Å². The lowest BCUT2D eigenvalue weighted by Gasteiger charge is -2.02. The fourth-order valence-corrected chi connectivity index (χ4v) is 3.56. The Hall–Kier alpha value is -2.73. The maximum absolute atomic E-state index is 13.2. The van der Waals surface area contributed by atoms with Crippen LogP contribution < -0.4 is 5.32 Å². The summed E-state index contributed by atoms with van der Waals surface area (Å²) in [6, 6.07) is 12.8. The lowest BCUT2D eigenvalue weighted by Crippen LogP contribution is -1.96. The van der Waals surface area contributed by atoms with Gasteiger partial charge < -0.3 is 10.4 Å². The number of hydrogen-bond acceptors (Lipinski definition) is 4. The second kappa shape index (κ2) is 7.44. The number of carboxylic acid groups (broad SMARTS) is 1. The number of nitrogens with one attached hydrogen (secondary N) is 1. The highest BCUT2D eigenvalue weighted by atomic mass is 32.1. The van der Waals surface area contributed by atoms with Crippen molar-refractivity contribution in [1.29, 1.82) is 0 Å². The van der Waals surface area contributed by atoms with Crippen LogP contribution in [0.4, 0.5) is 15.2 Å². The highest BCUT2D eigenvalue weighted by Gasteiger charge is 2.13. The molecule has 2 aromatic carbocycles. The van der Waals surface area contributed by atoms with E-state index >= 15 is 0 Å². The van der Waals surface area contributed by atoms with Crippen molar-refractivity contribution in [3.63, 3.8) is 0 Å². The average Bonchev–Trinajstić information content (AvgIpc) is 2.99. The molecule has 4 nitrogen and oxygen atoms in total. The van der Waals surface area contributed by atoms with Crippen molar-refractivity contribution in [2.45, 2.75) is 19.8 Å². The summed E-state index contributed by atoms with van der Waals surface area (Å²) in [7, 11) is 0. The monoisotopic (exact) mass is 356 g/mol. The van der Waals surface area contributed by atoms with Gasteiger partial charge in [-0.15, -0.1) is 11.3 Å². The van der Waals surface area contributed by atoms with Crippen molar-refractivity contribution in [3.8, 4) is 11.3 Å². The summed E-state index contributed by atoms with van der Waals surface area (Å²) in [5.74, 6) is -1.22. The van der Waals surface area contributed by atoms with E-state index in [0.29, 0.717) is 0 Å². The molecule has 0 bridgehead atoms. The largest absolute Gasteiger partial charge is 0.478 e. The first-order valence-electron chi connectivity index (χ1n) is 7.93. The molecular formula is C19H17FN2O2S. The molecule has 0 saturated heterocycles. The van der Waals surface area contributed by atoms with Gasteiger partial charge in [-0.2, -0.15) is 0 Å². The van der Waals surface area contributed by atoms with E-state index in [9.17, 15) is 9.18 Å². The van der Waals surface area contributed by atoms with Gasteiger partial charge in [-0.25, -0.2) is 14.2 Å². The van der Waals surface area contributed by atoms with E-state index in [1.54, 1.807) is 47.7 Å². The quantitative estimate of drug-likeness (QED) is 0.625. The van der Waals surface area contributed by atoms with Crippen molar-refractivity contribution in [1.82, 2.24) is 4.98 Å². The van der Waals surface area contributed by atoms with E-state index < -0.39 is 5.97 Å². The zero-order valence-electron chi connectivity index (χ0n) is 13.6. The molecule has 6 heteroatoms. The molecule has 0 aliphatic carbocycles. The van der Waals surface area contributed by atoms with Crippen LogP contribution in [0.1, 0.15) is 28.6 Å². The molecule has 0 aliphatic heterocycles. The number of benzene rings is 2. The van der Waals surface area contributed by atoms with E-state index in [1.165, 1.54) is 12.1 Å². The van der Waals surface area contributed by atoms with Crippen LogP contribution in [-0.4, -0.2) is 16.1 Å². The Morgan fingerprint density at radius 3 is 2.44 bits per heavy atom. The third kappa shape index (κ3) is 4.03. The SMILES string of the molecule is CCCc1sc(Nc2ccc(C(=O)O)cc2)nc1-c1ccc(F)cc1. The minimum absolute atomic E-state index is 0.239. The predicted octanol–water partition coefficient (Wildman–Crippen LogP) is 5.34.